The van der Waals surface area contributed by atoms with Gasteiger partial charge in [-0.15, -0.1) is 16.5 Å². The molecular formula is C35H31MgN4O5-. The number of esters is 1. The van der Waals surface area contributed by atoms with Gasteiger partial charge in [0.2, 0.25) is 0 Å². The second-order valence-electron chi connectivity index (χ2n) is 10.7. The number of carbonyl (C=O) groups is 2. The van der Waals surface area contributed by atoms with Crippen LogP contribution in [0.1, 0.15) is 44.7 Å². The number of aromatic nitrogens is 1. The zero-order valence-corrected chi connectivity index (χ0v) is 27.5. The van der Waals surface area contributed by atoms with E-state index in [-0.39, 0.29) is 41.5 Å². The van der Waals surface area contributed by atoms with Gasteiger partial charge in [0.25, 0.3) is 0 Å². The standard InChI is InChI=1S/C35H34N4O5.Mg/c1-8-21-17(3)24-12-25-19(5)23(10-11-33(41)42)30(38-25)15-31-35(32(40)16-34(43)44-7)20(6)27(39-31)14-29-22(9-2)18(4)26(37-29)13-28(21)36-24;/h8-9,12-15H,1-2,10-11,16H2,3-7H3,(H3,36,37,38,39,40,41,42);/q;+2/p-3. The molecule has 10 heteroatoms. The molecule has 0 amide bonds. The van der Waals surface area contributed by atoms with Crippen LogP contribution >= 0.6 is 0 Å². The second-order valence-corrected chi connectivity index (χ2v) is 10.7. The number of aliphatic carboxylic acids is 1. The Morgan fingerprint density at radius 1 is 0.844 bits per heavy atom. The quantitative estimate of drug-likeness (QED) is 0.259. The largest absolute Gasteiger partial charge is 2.00 e. The van der Waals surface area contributed by atoms with Crippen LogP contribution in [0.5, 0.6) is 0 Å². The van der Waals surface area contributed by atoms with Crippen molar-refractivity contribution >= 4 is 64.3 Å². The van der Waals surface area contributed by atoms with E-state index in [1.165, 1.54) is 7.11 Å². The minimum absolute atomic E-state index is 0. The van der Waals surface area contributed by atoms with E-state index in [2.05, 4.69) is 13.2 Å². The van der Waals surface area contributed by atoms with Crippen LogP contribution in [-0.2, 0) is 20.7 Å². The van der Waals surface area contributed by atoms with E-state index in [4.69, 9.17) is 24.7 Å². The van der Waals surface area contributed by atoms with Crippen LogP contribution in [0.25, 0.3) is 12.2 Å². The zero-order chi connectivity index (χ0) is 31.9. The first-order chi connectivity index (χ1) is 21.0. The van der Waals surface area contributed by atoms with E-state index in [0.29, 0.717) is 56.1 Å². The molecule has 4 aliphatic rings. The molecule has 0 aromatic carbocycles. The molecule has 1 aromatic heterocycles. The minimum Gasteiger partial charge on any atom is -0.875 e. The third-order valence-electron chi connectivity index (χ3n) is 8.15. The summed E-state index contributed by atoms with van der Waals surface area (Å²) in [4.78, 5) is 43.0. The number of ether oxygens (including phenoxy) is 1. The third kappa shape index (κ3) is 6.20. The summed E-state index contributed by atoms with van der Waals surface area (Å²) in [7, 11) is 1.22. The number of hydrogen-bond acceptors (Lipinski definition) is 8. The van der Waals surface area contributed by atoms with Crippen molar-refractivity contribution in [1.82, 2.24) is 4.98 Å². The number of nitrogens with zero attached hydrogens (tertiary/aromatic N) is 4. The van der Waals surface area contributed by atoms with Gasteiger partial charge in [0, 0.05) is 17.1 Å². The van der Waals surface area contributed by atoms with Crippen LogP contribution < -0.4 is 25.9 Å². The number of fused-ring (bicyclic) bond motifs is 5. The number of carboxylic acids is 1. The van der Waals surface area contributed by atoms with E-state index in [1.54, 1.807) is 31.2 Å². The summed E-state index contributed by atoms with van der Waals surface area (Å²) >= 11 is 0. The molecule has 0 saturated carbocycles. The summed E-state index contributed by atoms with van der Waals surface area (Å²) < 4.78 is 4.75. The Morgan fingerprint density at radius 3 is 2.00 bits per heavy atom. The summed E-state index contributed by atoms with van der Waals surface area (Å²) in [5.74, 6) is -2.31. The van der Waals surface area contributed by atoms with E-state index >= 15 is 0 Å². The van der Waals surface area contributed by atoms with Crippen LogP contribution in [0.3, 0.4) is 0 Å². The Balaban J connectivity index is 0.00000461. The van der Waals surface area contributed by atoms with Gasteiger partial charge in [0.15, 0.2) is 0 Å². The first-order valence-corrected chi connectivity index (χ1v) is 14.1. The topological polar surface area (TPSA) is 141 Å². The van der Waals surface area contributed by atoms with Crippen molar-refractivity contribution in [3.05, 3.63) is 116 Å². The van der Waals surface area contributed by atoms with Crippen molar-refractivity contribution in [1.29, 1.82) is 0 Å². The van der Waals surface area contributed by atoms with Crippen LogP contribution in [0.15, 0.2) is 109 Å². The Kier molecular flexibility index (Phi) is 9.79. The first kappa shape index (κ1) is 33.4. The maximum Gasteiger partial charge on any atom is 2.00 e. The van der Waals surface area contributed by atoms with E-state index in [1.807, 2.05) is 32.9 Å². The van der Waals surface area contributed by atoms with Gasteiger partial charge in [-0.1, -0.05) is 48.6 Å². The minimum atomic E-state index is -1.19. The number of aliphatic imine (C=N–C) groups is 3. The molecule has 1 aromatic rings. The molecule has 0 aliphatic carbocycles. The molecule has 0 atom stereocenters. The van der Waals surface area contributed by atoms with E-state index in [0.717, 1.165) is 27.9 Å². The average Bonchev–Trinajstić information content (AvgIpc) is 3.64. The molecule has 0 radical (unpaired) electrons. The maximum absolute atomic E-state index is 13.4. The first-order valence-electron chi connectivity index (χ1n) is 14.1. The fraction of sp³-hybridized carbons (Fsp3) is 0.229. The van der Waals surface area contributed by atoms with Gasteiger partial charge in [0.05, 0.1) is 47.8 Å². The Bertz CT molecular complexity index is 1990. The fourth-order valence-corrected chi connectivity index (χ4v) is 5.65. The molecular weight excluding hydrogens is 581 g/mol. The van der Waals surface area contributed by atoms with Gasteiger partial charge in [-0.3, -0.25) is 4.79 Å². The van der Waals surface area contributed by atoms with E-state index < -0.39 is 24.1 Å². The van der Waals surface area contributed by atoms with Crippen molar-refractivity contribution in [2.45, 2.75) is 47.0 Å². The monoisotopic (exact) mass is 611 g/mol. The average molecular weight is 612 g/mol. The molecule has 4 aliphatic heterocycles. The molecule has 0 unspecified atom stereocenters. The summed E-state index contributed by atoms with van der Waals surface area (Å²) in [5.41, 5.74) is 9.30. The number of rotatable bonds is 7. The summed E-state index contributed by atoms with van der Waals surface area (Å²) in [5, 5.41) is 26.0. The van der Waals surface area contributed by atoms with Gasteiger partial charge in [0.1, 0.15) is 0 Å². The molecule has 45 heavy (non-hydrogen) atoms. The van der Waals surface area contributed by atoms with Gasteiger partial charge < -0.3 is 24.7 Å². The molecule has 5 heterocycles. The number of allylic oxidation sites excluding steroid dienone is 8. The van der Waals surface area contributed by atoms with Crippen molar-refractivity contribution < 1.29 is 24.5 Å². The molecule has 0 saturated heterocycles. The van der Waals surface area contributed by atoms with Crippen molar-refractivity contribution in [2.75, 3.05) is 7.11 Å². The maximum atomic E-state index is 13.4. The van der Waals surface area contributed by atoms with Crippen LogP contribution in [0.2, 0.25) is 0 Å². The number of carboxylic acid groups (broad SMARTS) is 1. The Labute approximate surface area is 277 Å². The molecule has 0 spiro atoms. The molecule has 8 bridgehead atoms. The van der Waals surface area contributed by atoms with Crippen LogP contribution in [0, 0.1) is 6.92 Å². The van der Waals surface area contributed by atoms with Crippen molar-refractivity contribution in [2.24, 2.45) is 15.0 Å². The summed E-state index contributed by atoms with van der Waals surface area (Å²) in [6, 6.07) is 0. The van der Waals surface area contributed by atoms with Crippen molar-refractivity contribution in [3.8, 4) is 0 Å². The number of methoxy groups -OCH3 is 1. The normalized spacial score (nSPS) is 18.2. The van der Waals surface area contributed by atoms with Crippen LogP contribution in [0.4, 0.5) is 0 Å². The number of carbonyl (C=O) groups excluding carboxylic acids is 2. The zero-order valence-electron chi connectivity index (χ0n) is 26.0. The second kappa shape index (κ2) is 13.2. The molecule has 5 rings (SSSR count). The predicted molar refractivity (Wildman–Crippen MR) is 172 cm³/mol. The number of hydrogen-bond donors (Lipinski definition) is 0. The predicted octanol–water partition coefficient (Wildman–Crippen LogP) is 1.42. The SMILES string of the molecule is C=CC1=C(C)C2=NC1=CC1=C(C)/C(=C(\[O-])CC(=O)OC)C(=N1)C=c1[n-]c(c(C)c1CCC(=O)[O-])=CC1=NC(=C2)C(C=C)=C1C.[Mg+2]. The van der Waals surface area contributed by atoms with Gasteiger partial charge in [-0.25, -0.2) is 15.0 Å². The summed E-state index contributed by atoms with van der Waals surface area (Å²) in [6.07, 6.45) is 10.2. The van der Waals surface area contributed by atoms with Gasteiger partial charge in [-0.2, -0.15) is 0 Å². The Hall–Kier alpha value is -4.54. The molecule has 9 nitrogen and oxygen atoms in total. The molecule has 0 fully saturated rings. The Morgan fingerprint density at radius 2 is 1.42 bits per heavy atom. The van der Waals surface area contributed by atoms with E-state index in [9.17, 15) is 19.8 Å². The smallest absolute Gasteiger partial charge is 0.875 e. The molecule has 224 valence electrons. The third-order valence-corrected chi connectivity index (χ3v) is 8.15. The molecule has 0 N–H and O–H groups in total. The fourth-order valence-electron chi connectivity index (χ4n) is 5.65. The summed E-state index contributed by atoms with van der Waals surface area (Å²) in [6.45, 7) is 15.5. The van der Waals surface area contributed by atoms with Crippen molar-refractivity contribution in [3.63, 3.8) is 0 Å². The van der Waals surface area contributed by atoms with Crippen LogP contribution in [-0.4, -0.2) is 59.2 Å². The van der Waals surface area contributed by atoms with Gasteiger partial charge in [-0.05, 0) is 75.0 Å². The van der Waals surface area contributed by atoms with Gasteiger partial charge >= 0.3 is 29.0 Å².